The fourth-order valence-electron chi connectivity index (χ4n) is 2.14. The zero-order valence-electron chi connectivity index (χ0n) is 8.98. The van der Waals surface area contributed by atoms with Crippen LogP contribution in [0.15, 0.2) is 30.3 Å². The first-order valence-corrected chi connectivity index (χ1v) is 5.27. The van der Waals surface area contributed by atoms with E-state index in [1.54, 1.807) is 0 Å². The SMILES string of the molecule is CC1CN(C)CCN1c1ccccc1. The number of likely N-dealkylation sites (N-methyl/N-ethyl adjacent to an activating group) is 1. The van der Waals surface area contributed by atoms with Gasteiger partial charge in [0.2, 0.25) is 0 Å². The number of nitrogens with zero attached hydrogens (tertiary/aromatic N) is 2. The molecule has 0 amide bonds. The van der Waals surface area contributed by atoms with Crippen LogP contribution in [0.1, 0.15) is 6.92 Å². The molecule has 14 heavy (non-hydrogen) atoms. The van der Waals surface area contributed by atoms with Crippen LogP contribution in [-0.4, -0.2) is 37.6 Å². The van der Waals surface area contributed by atoms with E-state index in [0.29, 0.717) is 6.04 Å². The smallest absolute Gasteiger partial charge is 0.0389 e. The van der Waals surface area contributed by atoms with Gasteiger partial charge in [0.25, 0.3) is 0 Å². The molecule has 0 aromatic heterocycles. The van der Waals surface area contributed by atoms with Crippen molar-refractivity contribution in [3.63, 3.8) is 0 Å². The second-order valence-electron chi connectivity index (χ2n) is 4.14. The molecule has 1 saturated heterocycles. The first-order valence-electron chi connectivity index (χ1n) is 5.27. The Kier molecular flexibility index (Phi) is 2.73. The molecule has 1 atom stereocenters. The zero-order chi connectivity index (χ0) is 9.97. The van der Waals surface area contributed by atoms with Crippen LogP contribution in [0, 0.1) is 0 Å². The first kappa shape index (κ1) is 9.53. The number of piperazine rings is 1. The molecule has 2 rings (SSSR count). The molecule has 2 nitrogen and oxygen atoms in total. The Morgan fingerprint density at radius 1 is 1.14 bits per heavy atom. The van der Waals surface area contributed by atoms with E-state index >= 15 is 0 Å². The minimum Gasteiger partial charge on any atom is -0.366 e. The van der Waals surface area contributed by atoms with Crippen LogP contribution in [-0.2, 0) is 0 Å². The normalized spacial score (nSPS) is 23.9. The van der Waals surface area contributed by atoms with Gasteiger partial charge >= 0.3 is 0 Å². The van der Waals surface area contributed by atoms with E-state index in [1.807, 2.05) is 0 Å². The monoisotopic (exact) mass is 190 g/mol. The topological polar surface area (TPSA) is 6.48 Å². The lowest BCUT2D eigenvalue weighted by Gasteiger charge is -2.39. The second-order valence-corrected chi connectivity index (χ2v) is 4.14. The highest BCUT2D eigenvalue weighted by atomic mass is 15.3. The highest BCUT2D eigenvalue weighted by Crippen LogP contribution is 2.18. The third kappa shape index (κ3) is 1.90. The van der Waals surface area contributed by atoms with Crippen LogP contribution in [0.25, 0.3) is 0 Å². The van der Waals surface area contributed by atoms with E-state index in [4.69, 9.17) is 0 Å². The third-order valence-corrected chi connectivity index (χ3v) is 2.92. The molecule has 0 bridgehead atoms. The van der Waals surface area contributed by atoms with E-state index in [1.165, 1.54) is 12.2 Å². The fourth-order valence-corrected chi connectivity index (χ4v) is 2.14. The summed E-state index contributed by atoms with van der Waals surface area (Å²) in [6.45, 7) is 5.76. The summed E-state index contributed by atoms with van der Waals surface area (Å²) in [5, 5.41) is 0. The van der Waals surface area contributed by atoms with E-state index in [0.717, 1.165) is 13.1 Å². The molecule has 0 saturated carbocycles. The lowest BCUT2D eigenvalue weighted by Crippen LogP contribution is -2.50. The molecule has 1 fully saturated rings. The Morgan fingerprint density at radius 2 is 1.86 bits per heavy atom. The standard InChI is InChI=1S/C12H18N2/c1-11-10-13(2)8-9-14(11)12-6-4-3-5-7-12/h3-7,11H,8-10H2,1-2H3. The van der Waals surface area contributed by atoms with E-state index in [9.17, 15) is 0 Å². The van der Waals surface area contributed by atoms with Gasteiger partial charge in [-0.3, -0.25) is 0 Å². The molecular formula is C12H18N2. The molecule has 0 N–H and O–H groups in total. The number of hydrogen-bond acceptors (Lipinski definition) is 2. The number of para-hydroxylation sites is 1. The Hall–Kier alpha value is -1.02. The number of benzene rings is 1. The summed E-state index contributed by atoms with van der Waals surface area (Å²) in [7, 11) is 2.19. The molecular weight excluding hydrogens is 172 g/mol. The van der Waals surface area contributed by atoms with Crippen molar-refractivity contribution in [2.75, 3.05) is 31.6 Å². The van der Waals surface area contributed by atoms with Gasteiger partial charge in [0.1, 0.15) is 0 Å². The first-order chi connectivity index (χ1) is 6.77. The lowest BCUT2D eigenvalue weighted by atomic mass is 10.1. The summed E-state index contributed by atoms with van der Waals surface area (Å²) in [5.74, 6) is 0. The van der Waals surface area contributed by atoms with Crippen LogP contribution in [0.3, 0.4) is 0 Å². The van der Waals surface area contributed by atoms with Gasteiger partial charge in [-0.2, -0.15) is 0 Å². The Bertz CT molecular complexity index is 284. The predicted octanol–water partition coefficient (Wildman–Crippen LogP) is 1.83. The minimum absolute atomic E-state index is 0.621. The average molecular weight is 190 g/mol. The average Bonchev–Trinajstić information content (AvgIpc) is 2.19. The third-order valence-electron chi connectivity index (χ3n) is 2.92. The highest BCUT2D eigenvalue weighted by Gasteiger charge is 2.20. The molecule has 1 unspecified atom stereocenters. The van der Waals surface area contributed by atoms with Gasteiger partial charge in [0.15, 0.2) is 0 Å². The summed E-state index contributed by atoms with van der Waals surface area (Å²) < 4.78 is 0. The summed E-state index contributed by atoms with van der Waals surface area (Å²) in [5.41, 5.74) is 1.35. The van der Waals surface area contributed by atoms with Gasteiger partial charge in [-0.05, 0) is 26.1 Å². The molecule has 2 heteroatoms. The van der Waals surface area contributed by atoms with Crippen molar-refractivity contribution in [1.82, 2.24) is 4.90 Å². The molecule has 1 aliphatic rings. The Balaban J connectivity index is 2.12. The van der Waals surface area contributed by atoms with Gasteiger partial charge in [-0.25, -0.2) is 0 Å². The second kappa shape index (κ2) is 4.01. The lowest BCUT2D eigenvalue weighted by molar-refractivity contribution is 0.275. The zero-order valence-corrected chi connectivity index (χ0v) is 8.98. The quantitative estimate of drug-likeness (QED) is 0.666. The largest absolute Gasteiger partial charge is 0.366 e. The maximum absolute atomic E-state index is 2.49. The summed E-state index contributed by atoms with van der Waals surface area (Å²) >= 11 is 0. The molecule has 1 aliphatic heterocycles. The molecule has 1 aromatic carbocycles. The molecule has 0 spiro atoms. The van der Waals surface area contributed by atoms with Gasteiger partial charge in [-0.1, -0.05) is 18.2 Å². The van der Waals surface area contributed by atoms with Gasteiger partial charge in [-0.15, -0.1) is 0 Å². The summed E-state index contributed by atoms with van der Waals surface area (Å²) in [4.78, 5) is 4.88. The van der Waals surface area contributed by atoms with Crippen LogP contribution in [0.4, 0.5) is 5.69 Å². The van der Waals surface area contributed by atoms with Gasteiger partial charge in [0.05, 0.1) is 0 Å². The van der Waals surface area contributed by atoms with E-state index < -0.39 is 0 Å². The van der Waals surface area contributed by atoms with Crippen molar-refractivity contribution in [1.29, 1.82) is 0 Å². The molecule has 76 valence electrons. The molecule has 1 aromatic rings. The van der Waals surface area contributed by atoms with Crippen molar-refractivity contribution in [3.8, 4) is 0 Å². The van der Waals surface area contributed by atoms with Gasteiger partial charge in [0, 0.05) is 31.4 Å². The highest BCUT2D eigenvalue weighted by molar-refractivity contribution is 5.47. The van der Waals surface area contributed by atoms with Crippen LogP contribution >= 0.6 is 0 Å². The van der Waals surface area contributed by atoms with Crippen LogP contribution < -0.4 is 4.90 Å². The minimum atomic E-state index is 0.621. The van der Waals surface area contributed by atoms with Crippen molar-refractivity contribution in [2.45, 2.75) is 13.0 Å². The van der Waals surface area contributed by atoms with E-state index in [2.05, 4.69) is 54.1 Å². The van der Waals surface area contributed by atoms with Crippen LogP contribution in [0.5, 0.6) is 0 Å². The van der Waals surface area contributed by atoms with Crippen molar-refractivity contribution in [2.24, 2.45) is 0 Å². The maximum atomic E-state index is 2.49. The Labute approximate surface area is 86.1 Å². The maximum Gasteiger partial charge on any atom is 0.0389 e. The number of anilines is 1. The fraction of sp³-hybridized carbons (Fsp3) is 0.500. The van der Waals surface area contributed by atoms with Crippen molar-refractivity contribution < 1.29 is 0 Å². The van der Waals surface area contributed by atoms with Crippen LogP contribution in [0.2, 0.25) is 0 Å². The number of hydrogen-bond donors (Lipinski definition) is 0. The van der Waals surface area contributed by atoms with E-state index in [-0.39, 0.29) is 0 Å². The van der Waals surface area contributed by atoms with Crippen molar-refractivity contribution in [3.05, 3.63) is 30.3 Å². The predicted molar refractivity (Wildman–Crippen MR) is 60.7 cm³/mol. The molecule has 1 heterocycles. The van der Waals surface area contributed by atoms with Gasteiger partial charge < -0.3 is 9.80 Å². The van der Waals surface area contributed by atoms with Crippen molar-refractivity contribution >= 4 is 5.69 Å². The molecule has 0 radical (unpaired) electrons. The molecule has 0 aliphatic carbocycles. The summed E-state index contributed by atoms with van der Waals surface area (Å²) in [6, 6.07) is 11.3. The summed E-state index contributed by atoms with van der Waals surface area (Å²) in [6.07, 6.45) is 0. The Morgan fingerprint density at radius 3 is 2.50 bits per heavy atom. The number of rotatable bonds is 1.